The molecule has 0 unspecified atom stereocenters. The summed E-state index contributed by atoms with van der Waals surface area (Å²) in [6.07, 6.45) is 3.41. The first-order chi connectivity index (χ1) is 14.8. The summed E-state index contributed by atoms with van der Waals surface area (Å²) in [5, 5.41) is 12.1. The predicted octanol–water partition coefficient (Wildman–Crippen LogP) is 3.20. The summed E-state index contributed by atoms with van der Waals surface area (Å²) in [6.45, 7) is 0.400. The number of nitro benzene ring substituents is 1. The molecule has 2 amide bonds. The highest BCUT2D eigenvalue weighted by atomic mass is 32.1. The molecule has 156 valence electrons. The Hall–Kier alpha value is -3.85. The number of thiocarbonyl (C=S) groups is 1. The zero-order valence-corrected chi connectivity index (χ0v) is 17.6. The number of nitrogens with zero attached hydrogens (tertiary/aromatic N) is 4. The van der Waals surface area contributed by atoms with E-state index in [0.29, 0.717) is 12.1 Å². The predicted molar refractivity (Wildman–Crippen MR) is 120 cm³/mol. The fourth-order valence-electron chi connectivity index (χ4n) is 3.62. The van der Waals surface area contributed by atoms with Gasteiger partial charge in [0.1, 0.15) is 5.57 Å². The number of non-ortho nitro benzene ring substituents is 1. The standard InChI is InChI=1S/C22H18N4O4S/c1-23-20(27)18(21(28)24(2)22(23)31)11-15-13-25(19-9-4-3-8-17(15)19)12-14-6-5-7-16(10-14)26(29)30/h3-11,13H,12H2,1-2H3. The van der Waals surface area contributed by atoms with Crippen molar-refractivity contribution in [1.82, 2.24) is 14.4 Å². The first-order valence-corrected chi connectivity index (χ1v) is 9.81. The number of amides is 2. The molecule has 0 aliphatic carbocycles. The van der Waals surface area contributed by atoms with Crippen LogP contribution in [0.4, 0.5) is 5.69 Å². The molecule has 31 heavy (non-hydrogen) atoms. The van der Waals surface area contributed by atoms with Crippen LogP contribution in [0.5, 0.6) is 0 Å². The Balaban J connectivity index is 1.79. The van der Waals surface area contributed by atoms with Crippen molar-refractivity contribution in [2.45, 2.75) is 6.54 Å². The first kappa shape index (κ1) is 20.4. The number of rotatable bonds is 4. The van der Waals surface area contributed by atoms with Gasteiger partial charge in [-0.15, -0.1) is 0 Å². The topological polar surface area (TPSA) is 88.7 Å². The van der Waals surface area contributed by atoms with E-state index in [2.05, 4.69) is 0 Å². The van der Waals surface area contributed by atoms with Gasteiger partial charge in [-0.2, -0.15) is 0 Å². The van der Waals surface area contributed by atoms with E-state index in [-0.39, 0.29) is 16.4 Å². The fraction of sp³-hybridized carbons (Fsp3) is 0.136. The van der Waals surface area contributed by atoms with Gasteiger partial charge in [0.25, 0.3) is 17.5 Å². The molecule has 0 bridgehead atoms. The second kappa shape index (κ2) is 7.77. The van der Waals surface area contributed by atoms with E-state index in [1.54, 1.807) is 12.1 Å². The average molecular weight is 434 g/mol. The van der Waals surface area contributed by atoms with Crippen LogP contribution in [0.3, 0.4) is 0 Å². The van der Waals surface area contributed by atoms with Crippen molar-refractivity contribution in [3.8, 4) is 0 Å². The van der Waals surface area contributed by atoms with Crippen LogP contribution in [0.15, 0.2) is 60.3 Å². The molecule has 1 aliphatic rings. The summed E-state index contributed by atoms with van der Waals surface area (Å²) in [5.74, 6) is -0.910. The normalized spacial score (nSPS) is 14.5. The number of likely N-dealkylation sites (N-methyl/N-ethyl adjacent to an activating group) is 2. The summed E-state index contributed by atoms with van der Waals surface area (Å²) >= 11 is 5.14. The van der Waals surface area contributed by atoms with Crippen LogP contribution in [0.25, 0.3) is 17.0 Å². The summed E-state index contributed by atoms with van der Waals surface area (Å²) in [7, 11) is 3.07. The van der Waals surface area contributed by atoms with Gasteiger partial charge in [0.2, 0.25) is 0 Å². The number of fused-ring (bicyclic) bond motifs is 1. The lowest BCUT2D eigenvalue weighted by Gasteiger charge is -2.31. The Morgan fingerprint density at radius 2 is 1.71 bits per heavy atom. The number of para-hydroxylation sites is 1. The Morgan fingerprint density at radius 3 is 2.39 bits per heavy atom. The quantitative estimate of drug-likeness (QED) is 0.207. The van der Waals surface area contributed by atoms with Crippen molar-refractivity contribution in [2.75, 3.05) is 14.1 Å². The lowest BCUT2D eigenvalue weighted by Crippen LogP contribution is -2.52. The van der Waals surface area contributed by atoms with Gasteiger partial charge in [0.05, 0.1) is 4.92 Å². The lowest BCUT2D eigenvalue weighted by atomic mass is 10.1. The molecule has 0 spiro atoms. The van der Waals surface area contributed by atoms with E-state index in [9.17, 15) is 19.7 Å². The van der Waals surface area contributed by atoms with Gasteiger partial charge in [-0.1, -0.05) is 30.3 Å². The molecule has 1 aliphatic heterocycles. The third-order valence-electron chi connectivity index (χ3n) is 5.24. The van der Waals surface area contributed by atoms with Crippen molar-refractivity contribution in [2.24, 2.45) is 0 Å². The molecule has 0 saturated carbocycles. The Kier molecular flexibility index (Phi) is 5.12. The van der Waals surface area contributed by atoms with Gasteiger partial charge in [-0.3, -0.25) is 29.5 Å². The number of hydrogen-bond donors (Lipinski definition) is 0. The highest BCUT2D eigenvalue weighted by molar-refractivity contribution is 7.80. The third kappa shape index (κ3) is 3.59. The van der Waals surface area contributed by atoms with Crippen molar-refractivity contribution >= 4 is 51.8 Å². The van der Waals surface area contributed by atoms with Crippen LogP contribution >= 0.6 is 12.2 Å². The van der Waals surface area contributed by atoms with Crippen molar-refractivity contribution in [3.63, 3.8) is 0 Å². The fourth-order valence-corrected chi connectivity index (χ4v) is 3.78. The monoisotopic (exact) mass is 434 g/mol. The van der Waals surface area contributed by atoms with E-state index in [0.717, 1.165) is 16.5 Å². The molecule has 1 saturated heterocycles. The van der Waals surface area contributed by atoms with Crippen molar-refractivity contribution < 1.29 is 14.5 Å². The molecule has 0 radical (unpaired) electrons. The first-order valence-electron chi connectivity index (χ1n) is 9.41. The highest BCUT2D eigenvalue weighted by Crippen LogP contribution is 2.27. The average Bonchev–Trinajstić information content (AvgIpc) is 3.11. The van der Waals surface area contributed by atoms with Crippen LogP contribution in [-0.2, 0) is 16.1 Å². The van der Waals surface area contributed by atoms with Gasteiger partial charge >= 0.3 is 0 Å². The smallest absolute Gasteiger partial charge is 0.269 e. The van der Waals surface area contributed by atoms with Gasteiger partial charge < -0.3 is 4.57 Å². The number of benzene rings is 2. The Labute approximate surface area is 183 Å². The minimum absolute atomic E-state index is 0.0248. The number of carbonyl (C=O) groups excluding carboxylic acids is 2. The number of aromatic nitrogens is 1. The summed E-state index contributed by atoms with van der Waals surface area (Å²) in [6, 6.07) is 14.0. The lowest BCUT2D eigenvalue weighted by molar-refractivity contribution is -0.384. The van der Waals surface area contributed by atoms with Gasteiger partial charge in [-0.25, -0.2) is 0 Å². The van der Waals surface area contributed by atoms with Crippen LogP contribution in [-0.4, -0.2) is 50.3 Å². The zero-order chi connectivity index (χ0) is 22.3. The SMILES string of the molecule is CN1C(=O)C(=Cc2cn(Cc3cccc([N+](=O)[O-])c3)c3ccccc23)C(=O)N(C)C1=S. The van der Waals surface area contributed by atoms with Gasteiger partial charge in [-0.05, 0) is 29.9 Å². The van der Waals surface area contributed by atoms with E-state index in [4.69, 9.17) is 12.2 Å². The number of nitro groups is 1. The zero-order valence-electron chi connectivity index (χ0n) is 16.8. The minimum Gasteiger partial charge on any atom is -0.342 e. The molecule has 1 aromatic heterocycles. The molecular formula is C22H18N4O4S. The van der Waals surface area contributed by atoms with E-state index in [1.807, 2.05) is 41.1 Å². The molecule has 9 heteroatoms. The number of carbonyl (C=O) groups is 2. The third-order valence-corrected chi connectivity index (χ3v) is 5.79. The maximum Gasteiger partial charge on any atom is 0.269 e. The summed E-state index contributed by atoms with van der Waals surface area (Å²) in [5.41, 5.74) is 2.40. The van der Waals surface area contributed by atoms with Crippen LogP contribution < -0.4 is 0 Å². The molecule has 2 aromatic carbocycles. The van der Waals surface area contributed by atoms with Crippen LogP contribution in [0.2, 0.25) is 0 Å². The second-order valence-electron chi connectivity index (χ2n) is 7.23. The maximum absolute atomic E-state index is 12.7. The Bertz CT molecular complexity index is 1270. The molecule has 1 fully saturated rings. The number of hydrogen-bond acceptors (Lipinski definition) is 5. The maximum atomic E-state index is 12.7. The van der Waals surface area contributed by atoms with Crippen LogP contribution in [0, 0.1) is 10.1 Å². The Morgan fingerprint density at radius 1 is 1.03 bits per heavy atom. The van der Waals surface area contributed by atoms with Gasteiger partial charge in [0.15, 0.2) is 5.11 Å². The molecule has 3 aromatic rings. The highest BCUT2D eigenvalue weighted by Gasteiger charge is 2.35. The van der Waals surface area contributed by atoms with Crippen molar-refractivity contribution in [3.05, 3.63) is 81.5 Å². The molecule has 8 nitrogen and oxygen atoms in total. The second-order valence-corrected chi connectivity index (χ2v) is 7.59. The van der Waals surface area contributed by atoms with E-state index >= 15 is 0 Å². The van der Waals surface area contributed by atoms with E-state index < -0.39 is 16.7 Å². The minimum atomic E-state index is -0.455. The summed E-state index contributed by atoms with van der Waals surface area (Å²) < 4.78 is 1.94. The van der Waals surface area contributed by atoms with Crippen LogP contribution in [0.1, 0.15) is 11.1 Å². The van der Waals surface area contributed by atoms with Gasteiger partial charge in [0, 0.05) is 55.4 Å². The largest absolute Gasteiger partial charge is 0.342 e. The molecule has 2 heterocycles. The summed E-state index contributed by atoms with van der Waals surface area (Å²) in [4.78, 5) is 38.6. The van der Waals surface area contributed by atoms with E-state index in [1.165, 1.54) is 36.0 Å². The molecule has 4 rings (SSSR count). The molecule has 0 atom stereocenters. The molecule has 0 N–H and O–H groups in total. The molecular weight excluding hydrogens is 416 g/mol. The van der Waals surface area contributed by atoms with Crippen molar-refractivity contribution in [1.29, 1.82) is 0 Å².